The standard InChI is InChI=1S/C36H42N6O2/c1-41-21-7-12-31(41)25-37-20-6-15-34(36(44)39-24-30-11-5-10-28-9-3-4-14-33(28)30)40-35(43)29-18-16-27(17-19-29)23-38-26-32-13-8-22-42(32)2/h3-5,7-14,16-19,21-22,34,37-38H,6,15,20,23-26H2,1-2H3,(H,39,44)(H,40,43)/t34-/m0/s1. The van der Waals surface area contributed by atoms with Gasteiger partial charge in [0.1, 0.15) is 6.04 Å². The molecule has 5 aromatic rings. The summed E-state index contributed by atoms with van der Waals surface area (Å²) in [6.45, 7) is 3.34. The maximum atomic E-state index is 13.4. The monoisotopic (exact) mass is 590 g/mol. The van der Waals surface area contributed by atoms with Gasteiger partial charge in [-0.3, -0.25) is 9.59 Å². The molecule has 0 spiro atoms. The highest BCUT2D eigenvalue weighted by Crippen LogP contribution is 2.18. The fourth-order valence-corrected chi connectivity index (χ4v) is 5.38. The van der Waals surface area contributed by atoms with Gasteiger partial charge in [0.2, 0.25) is 5.91 Å². The summed E-state index contributed by atoms with van der Waals surface area (Å²) in [7, 11) is 4.06. The van der Waals surface area contributed by atoms with Crippen molar-refractivity contribution in [1.29, 1.82) is 0 Å². The lowest BCUT2D eigenvalue weighted by Gasteiger charge is -2.19. The minimum atomic E-state index is -0.652. The van der Waals surface area contributed by atoms with Crippen LogP contribution in [0.25, 0.3) is 10.8 Å². The van der Waals surface area contributed by atoms with Crippen LogP contribution in [0.1, 0.15) is 45.7 Å². The number of nitrogens with zero attached hydrogens (tertiary/aromatic N) is 2. The van der Waals surface area contributed by atoms with Crippen LogP contribution in [0.3, 0.4) is 0 Å². The molecule has 5 rings (SSSR count). The molecule has 8 heteroatoms. The number of aromatic nitrogens is 2. The normalized spacial score (nSPS) is 11.9. The molecule has 0 fully saturated rings. The molecule has 1 atom stereocenters. The van der Waals surface area contributed by atoms with E-state index in [0.717, 1.165) is 48.0 Å². The zero-order valence-electron chi connectivity index (χ0n) is 25.6. The number of amides is 2. The molecule has 0 saturated carbocycles. The Morgan fingerprint density at radius 1 is 0.705 bits per heavy atom. The van der Waals surface area contributed by atoms with Gasteiger partial charge < -0.3 is 30.4 Å². The quantitative estimate of drug-likeness (QED) is 0.132. The van der Waals surface area contributed by atoms with Crippen molar-refractivity contribution in [2.45, 2.75) is 45.1 Å². The number of aryl methyl sites for hydroxylation is 2. The highest BCUT2D eigenvalue weighted by Gasteiger charge is 2.21. The van der Waals surface area contributed by atoms with Gasteiger partial charge in [-0.1, -0.05) is 54.6 Å². The molecule has 0 unspecified atom stereocenters. The number of benzene rings is 3. The van der Waals surface area contributed by atoms with Crippen molar-refractivity contribution in [2.24, 2.45) is 14.1 Å². The number of hydrogen-bond donors (Lipinski definition) is 4. The second kappa shape index (κ2) is 15.2. The first-order valence-corrected chi connectivity index (χ1v) is 15.2. The average Bonchev–Trinajstić information content (AvgIpc) is 3.65. The molecule has 2 aromatic heterocycles. The maximum absolute atomic E-state index is 13.4. The second-order valence-electron chi connectivity index (χ2n) is 11.2. The third-order valence-corrected chi connectivity index (χ3v) is 8.06. The van der Waals surface area contributed by atoms with Gasteiger partial charge in [-0.25, -0.2) is 0 Å². The molecule has 44 heavy (non-hydrogen) atoms. The van der Waals surface area contributed by atoms with Crippen LogP contribution < -0.4 is 21.3 Å². The Morgan fingerprint density at radius 3 is 2.09 bits per heavy atom. The van der Waals surface area contributed by atoms with E-state index in [9.17, 15) is 9.59 Å². The minimum Gasteiger partial charge on any atom is -0.353 e. The second-order valence-corrected chi connectivity index (χ2v) is 11.2. The lowest BCUT2D eigenvalue weighted by Crippen LogP contribution is -2.46. The third-order valence-electron chi connectivity index (χ3n) is 8.06. The Balaban J connectivity index is 1.18. The lowest BCUT2D eigenvalue weighted by molar-refractivity contribution is -0.123. The smallest absolute Gasteiger partial charge is 0.251 e. The van der Waals surface area contributed by atoms with Gasteiger partial charge in [0.25, 0.3) is 5.91 Å². The molecule has 2 heterocycles. The number of nitrogens with one attached hydrogen (secondary N) is 4. The number of fused-ring (bicyclic) bond motifs is 1. The molecule has 0 aliphatic carbocycles. The van der Waals surface area contributed by atoms with E-state index < -0.39 is 6.04 Å². The van der Waals surface area contributed by atoms with Crippen molar-refractivity contribution in [3.8, 4) is 0 Å². The predicted molar refractivity (Wildman–Crippen MR) is 176 cm³/mol. The van der Waals surface area contributed by atoms with E-state index in [2.05, 4.69) is 60.7 Å². The zero-order chi connectivity index (χ0) is 30.7. The van der Waals surface area contributed by atoms with E-state index in [1.165, 1.54) is 11.4 Å². The SMILES string of the molecule is Cn1cccc1CNCCC[C@H](NC(=O)c1ccc(CNCc2cccn2C)cc1)C(=O)NCc1cccc2ccccc12. The van der Waals surface area contributed by atoms with Gasteiger partial charge in [0, 0.05) is 69.6 Å². The summed E-state index contributed by atoms with van der Waals surface area (Å²) >= 11 is 0. The summed E-state index contributed by atoms with van der Waals surface area (Å²) in [6.07, 6.45) is 5.32. The van der Waals surface area contributed by atoms with Crippen LogP contribution in [0.15, 0.2) is 103 Å². The molecular weight excluding hydrogens is 548 g/mol. The molecule has 228 valence electrons. The van der Waals surface area contributed by atoms with Gasteiger partial charge in [-0.15, -0.1) is 0 Å². The van der Waals surface area contributed by atoms with Crippen LogP contribution in [0.5, 0.6) is 0 Å². The summed E-state index contributed by atoms with van der Waals surface area (Å²) in [5, 5.41) is 15.2. The topological polar surface area (TPSA) is 92.1 Å². The summed E-state index contributed by atoms with van der Waals surface area (Å²) in [5.41, 5.74) is 5.07. The number of hydrogen-bond acceptors (Lipinski definition) is 4. The highest BCUT2D eigenvalue weighted by atomic mass is 16.2. The van der Waals surface area contributed by atoms with Crippen molar-refractivity contribution in [2.75, 3.05) is 6.54 Å². The molecule has 0 radical (unpaired) electrons. The van der Waals surface area contributed by atoms with Crippen LogP contribution in [0, 0.1) is 0 Å². The minimum absolute atomic E-state index is 0.185. The Kier molecular flexibility index (Phi) is 10.6. The Hall–Kier alpha value is -4.66. The summed E-state index contributed by atoms with van der Waals surface area (Å²) in [4.78, 5) is 26.7. The first kappa shape index (κ1) is 30.8. The van der Waals surface area contributed by atoms with Crippen LogP contribution in [-0.2, 0) is 45.1 Å². The van der Waals surface area contributed by atoms with Gasteiger partial charge >= 0.3 is 0 Å². The van der Waals surface area contributed by atoms with Gasteiger partial charge in [0.05, 0.1) is 0 Å². The Labute approximate surface area is 259 Å². The average molecular weight is 591 g/mol. The maximum Gasteiger partial charge on any atom is 0.251 e. The van der Waals surface area contributed by atoms with Crippen molar-refractivity contribution in [3.05, 3.63) is 131 Å². The summed E-state index contributed by atoms with van der Waals surface area (Å²) in [5.74, 6) is -0.439. The first-order chi connectivity index (χ1) is 21.5. The predicted octanol–water partition coefficient (Wildman–Crippen LogP) is 4.79. The number of carbonyl (C=O) groups is 2. The summed E-state index contributed by atoms with van der Waals surface area (Å²) < 4.78 is 4.18. The van der Waals surface area contributed by atoms with E-state index in [0.29, 0.717) is 25.1 Å². The lowest BCUT2D eigenvalue weighted by atomic mass is 10.0. The fourth-order valence-electron chi connectivity index (χ4n) is 5.38. The van der Waals surface area contributed by atoms with Crippen LogP contribution in [0.2, 0.25) is 0 Å². The van der Waals surface area contributed by atoms with Gasteiger partial charge in [-0.2, -0.15) is 0 Å². The summed E-state index contributed by atoms with van der Waals surface area (Å²) in [6, 6.07) is 29.4. The Morgan fingerprint density at radius 2 is 1.39 bits per heavy atom. The van der Waals surface area contributed by atoms with E-state index in [1.54, 1.807) is 0 Å². The fraction of sp³-hybridized carbons (Fsp3) is 0.278. The largest absolute Gasteiger partial charge is 0.353 e. The number of rotatable bonds is 15. The van der Waals surface area contributed by atoms with Crippen LogP contribution in [0.4, 0.5) is 0 Å². The molecule has 0 aliphatic heterocycles. The van der Waals surface area contributed by atoms with E-state index >= 15 is 0 Å². The van der Waals surface area contributed by atoms with Crippen LogP contribution >= 0.6 is 0 Å². The molecule has 0 saturated heterocycles. The third kappa shape index (κ3) is 8.24. The van der Waals surface area contributed by atoms with Gasteiger partial charge in [0.15, 0.2) is 0 Å². The number of carbonyl (C=O) groups excluding carboxylic acids is 2. The van der Waals surface area contributed by atoms with E-state index in [-0.39, 0.29) is 11.8 Å². The van der Waals surface area contributed by atoms with Crippen molar-refractivity contribution >= 4 is 22.6 Å². The molecule has 3 aromatic carbocycles. The van der Waals surface area contributed by atoms with Gasteiger partial charge in [-0.05, 0) is 77.7 Å². The molecule has 8 nitrogen and oxygen atoms in total. The molecule has 4 N–H and O–H groups in total. The van der Waals surface area contributed by atoms with Crippen LogP contribution in [-0.4, -0.2) is 33.5 Å². The Bertz CT molecular complexity index is 1660. The van der Waals surface area contributed by atoms with E-state index in [4.69, 9.17) is 0 Å². The van der Waals surface area contributed by atoms with E-state index in [1.807, 2.05) is 87.2 Å². The van der Waals surface area contributed by atoms with Crippen molar-refractivity contribution in [1.82, 2.24) is 30.4 Å². The molecular formula is C36H42N6O2. The molecule has 2 amide bonds. The zero-order valence-corrected chi connectivity index (χ0v) is 25.6. The van der Waals surface area contributed by atoms with Crippen molar-refractivity contribution in [3.63, 3.8) is 0 Å². The highest BCUT2D eigenvalue weighted by molar-refractivity contribution is 5.97. The molecule has 0 bridgehead atoms. The first-order valence-electron chi connectivity index (χ1n) is 15.2. The van der Waals surface area contributed by atoms with Crippen molar-refractivity contribution < 1.29 is 9.59 Å². The molecule has 0 aliphatic rings.